The average Bonchev–Trinajstić information content (AvgIpc) is 2.41. The number of benzene rings is 2. The topological polar surface area (TPSA) is 12.0 Å². The second-order valence-corrected chi connectivity index (χ2v) is 5.69. The van der Waals surface area contributed by atoms with E-state index in [0.717, 1.165) is 0 Å². The molecule has 0 spiro atoms. The Labute approximate surface area is 130 Å². The molecule has 0 aliphatic rings. The molecule has 2 aromatic rings. The molecule has 0 fully saturated rings. The van der Waals surface area contributed by atoms with Crippen LogP contribution in [-0.4, -0.2) is 7.05 Å². The summed E-state index contributed by atoms with van der Waals surface area (Å²) in [5.74, 6) is -0.704. The third kappa shape index (κ3) is 2.87. The third-order valence-electron chi connectivity index (χ3n) is 3.17. The van der Waals surface area contributed by atoms with Crippen molar-refractivity contribution in [2.45, 2.75) is 13.0 Å². The largest absolute Gasteiger partial charge is 0.309 e. The van der Waals surface area contributed by atoms with Crippen molar-refractivity contribution in [1.82, 2.24) is 5.32 Å². The first-order valence-electron chi connectivity index (χ1n) is 6.02. The van der Waals surface area contributed by atoms with Gasteiger partial charge in [-0.05, 0) is 64.8 Å². The highest BCUT2D eigenvalue weighted by atomic mass is 79.9. The smallest absolute Gasteiger partial charge is 0.137 e. The predicted molar refractivity (Wildman–Crippen MR) is 81.1 cm³/mol. The maximum Gasteiger partial charge on any atom is 0.137 e. The van der Waals surface area contributed by atoms with Crippen LogP contribution in [0.5, 0.6) is 0 Å². The van der Waals surface area contributed by atoms with Crippen molar-refractivity contribution in [3.63, 3.8) is 0 Å². The second kappa shape index (κ2) is 6.20. The van der Waals surface area contributed by atoms with Gasteiger partial charge in [-0.2, -0.15) is 0 Å². The van der Waals surface area contributed by atoms with Crippen LogP contribution in [0.4, 0.5) is 8.78 Å². The molecule has 0 saturated heterocycles. The minimum atomic E-state index is -0.355. The molecule has 0 aromatic heterocycles. The Kier molecular flexibility index (Phi) is 4.78. The fourth-order valence-corrected chi connectivity index (χ4v) is 2.88. The lowest BCUT2D eigenvalue weighted by atomic mass is 9.97. The van der Waals surface area contributed by atoms with E-state index in [1.165, 1.54) is 12.1 Å². The Morgan fingerprint density at radius 1 is 1.15 bits per heavy atom. The van der Waals surface area contributed by atoms with Crippen LogP contribution in [0.1, 0.15) is 22.7 Å². The lowest BCUT2D eigenvalue weighted by Crippen LogP contribution is -2.19. The summed E-state index contributed by atoms with van der Waals surface area (Å²) in [6.07, 6.45) is 0. The molecule has 5 heteroatoms. The van der Waals surface area contributed by atoms with E-state index in [1.54, 1.807) is 32.2 Å². The van der Waals surface area contributed by atoms with Gasteiger partial charge in [0.15, 0.2) is 0 Å². The van der Waals surface area contributed by atoms with E-state index in [-0.39, 0.29) is 17.7 Å². The first-order chi connectivity index (χ1) is 9.45. The minimum absolute atomic E-state index is 0.309. The van der Waals surface area contributed by atoms with Crippen LogP contribution in [0.3, 0.4) is 0 Å². The highest BCUT2D eigenvalue weighted by Crippen LogP contribution is 2.34. The highest BCUT2D eigenvalue weighted by Gasteiger charge is 2.20. The van der Waals surface area contributed by atoms with Crippen LogP contribution in [0.25, 0.3) is 0 Å². The second-order valence-electron chi connectivity index (χ2n) is 4.49. The molecular weight excluding hydrogens is 348 g/mol. The normalized spacial score (nSPS) is 12.5. The Balaban J connectivity index is 2.58. The Bertz CT molecular complexity index is 646. The van der Waals surface area contributed by atoms with E-state index in [4.69, 9.17) is 11.6 Å². The molecule has 1 unspecified atom stereocenters. The first-order valence-corrected chi connectivity index (χ1v) is 7.19. The van der Waals surface area contributed by atoms with Crippen LogP contribution >= 0.6 is 27.5 Å². The molecule has 0 aliphatic carbocycles. The maximum atomic E-state index is 13.7. The number of hydrogen-bond acceptors (Lipinski definition) is 1. The standard InChI is InChI=1S/C15H13BrClF2N/c1-8-6-10(11(17)7-13(8)19)15(20-2)9-4-3-5-12(18)14(9)16/h3-7,15,20H,1-2H3. The zero-order valence-corrected chi connectivity index (χ0v) is 13.3. The van der Waals surface area contributed by atoms with Gasteiger partial charge in [-0.25, -0.2) is 8.78 Å². The lowest BCUT2D eigenvalue weighted by molar-refractivity contribution is 0.603. The van der Waals surface area contributed by atoms with Gasteiger partial charge in [0.25, 0.3) is 0 Å². The van der Waals surface area contributed by atoms with Crippen molar-refractivity contribution >= 4 is 27.5 Å². The number of aryl methyl sites for hydroxylation is 1. The molecule has 2 aromatic carbocycles. The molecular formula is C15H13BrClF2N. The third-order valence-corrected chi connectivity index (χ3v) is 4.33. The van der Waals surface area contributed by atoms with Gasteiger partial charge in [-0.3, -0.25) is 0 Å². The first kappa shape index (κ1) is 15.4. The fourth-order valence-electron chi connectivity index (χ4n) is 2.12. The van der Waals surface area contributed by atoms with Gasteiger partial charge in [0, 0.05) is 5.02 Å². The number of nitrogens with one attached hydrogen (secondary N) is 1. The van der Waals surface area contributed by atoms with Crippen LogP contribution in [0.15, 0.2) is 34.8 Å². The molecule has 0 heterocycles. The molecule has 1 nitrogen and oxygen atoms in total. The van der Waals surface area contributed by atoms with E-state index in [2.05, 4.69) is 21.2 Å². The number of halogens is 4. The van der Waals surface area contributed by atoms with Crippen molar-refractivity contribution in [3.8, 4) is 0 Å². The fraction of sp³-hybridized carbons (Fsp3) is 0.200. The summed E-state index contributed by atoms with van der Waals surface area (Å²) in [4.78, 5) is 0. The lowest BCUT2D eigenvalue weighted by Gasteiger charge is -2.21. The van der Waals surface area contributed by atoms with E-state index < -0.39 is 0 Å². The van der Waals surface area contributed by atoms with Crippen LogP contribution in [0, 0.1) is 18.6 Å². The zero-order chi connectivity index (χ0) is 14.9. The molecule has 2 rings (SSSR count). The molecule has 0 saturated carbocycles. The number of hydrogen-bond donors (Lipinski definition) is 1. The van der Waals surface area contributed by atoms with Crippen molar-refractivity contribution in [2.75, 3.05) is 7.05 Å². The maximum absolute atomic E-state index is 13.7. The van der Waals surface area contributed by atoms with Crippen molar-refractivity contribution in [1.29, 1.82) is 0 Å². The summed E-state index contributed by atoms with van der Waals surface area (Å²) in [5.41, 5.74) is 1.91. The molecule has 0 bridgehead atoms. The van der Waals surface area contributed by atoms with Gasteiger partial charge >= 0.3 is 0 Å². The summed E-state index contributed by atoms with van der Waals surface area (Å²) in [7, 11) is 1.75. The summed E-state index contributed by atoms with van der Waals surface area (Å²) in [6.45, 7) is 1.67. The van der Waals surface area contributed by atoms with Crippen LogP contribution in [0.2, 0.25) is 5.02 Å². The van der Waals surface area contributed by atoms with Gasteiger partial charge in [-0.1, -0.05) is 23.7 Å². The molecule has 0 aliphatic heterocycles. The monoisotopic (exact) mass is 359 g/mol. The number of rotatable bonds is 3. The van der Waals surface area contributed by atoms with Crippen LogP contribution < -0.4 is 5.32 Å². The minimum Gasteiger partial charge on any atom is -0.309 e. The molecule has 1 N–H and O–H groups in total. The van der Waals surface area contributed by atoms with Gasteiger partial charge in [0.05, 0.1) is 10.5 Å². The SMILES string of the molecule is CNC(c1cc(C)c(F)cc1Cl)c1cccc(F)c1Br. The van der Waals surface area contributed by atoms with Gasteiger partial charge in [0.1, 0.15) is 11.6 Å². The predicted octanol–water partition coefficient (Wildman–Crippen LogP) is 5.00. The summed E-state index contributed by atoms with van der Waals surface area (Å²) < 4.78 is 27.5. The molecule has 20 heavy (non-hydrogen) atoms. The molecule has 0 amide bonds. The van der Waals surface area contributed by atoms with Gasteiger partial charge in [0.2, 0.25) is 0 Å². The summed E-state index contributed by atoms with van der Waals surface area (Å²) in [5, 5.41) is 3.40. The van der Waals surface area contributed by atoms with Crippen molar-refractivity contribution in [2.24, 2.45) is 0 Å². The average molecular weight is 361 g/mol. The van der Waals surface area contributed by atoms with E-state index in [1.807, 2.05) is 0 Å². The van der Waals surface area contributed by atoms with E-state index in [0.29, 0.717) is 26.2 Å². The Morgan fingerprint density at radius 3 is 2.50 bits per heavy atom. The van der Waals surface area contributed by atoms with Crippen molar-refractivity contribution in [3.05, 3.63) is 68.2 Å². The van der Waals surface area contributed by atoms with E-state index in [9.17, 15) is 8.78 Å². The van der Waals surface area contributed by atoms with Gasteiger partial charge in [-0.15, -0.1) is 0 Å². The van der Waals surface area contributed by atoms with Crippen molar-refractivity contribution < 1.29 is 8.78 Å². The Hall–Kier alpha value is -0.970. The van der Waals surface area contributed by atoms with E-state index >= 15 is 0 Å². The van der Waals surface area contributed by atoms with Gasteiger partial charge < -0.3 is 5.32 Å². The Morgan fingerprint density at radius 2 is 1.85 bits per heavy atom. The highest BCUT2D eigenvalue weighted by molar-refractivity contribution is 9.10. The summed E-state index contributed by atoms with van der Waals surface area (Å²) >= 11 is 9.37. The zero-order valence-electron chi connectivity index (χ0n) is 11.0. The van der Waals surface area contributed by atoms with Crippen LogP contribution in [-0.2, 0) is 0 Å². The molecule has 106 valence electrons. The molecule has 1 atom stereocenters. The molecule has 0 radical (unpaired) electrons. The quantitative estimate of drug-likeness (QED) is 0.812. The summed E-state index contributed by atoms with van der Waals surface area (Å²) in [6, 6.07) is 7.43.